The Bertz CT molecular complexity index is 173. The zero-order valence-corrected chi connectivity index (χ0v) is 4.69. The van der Waals surface area contributed by atoms with E-state index in [1.807, 2.05) is 0 Å². The van der Waals surface area contributed by atoms with E-state index in [2.05, 4.69) is 5.11 Å². The lowest BCUT2D eigenvalue weighted by Gasteiger charge is -2.08. The second kappa shape index (κ2) is 2.30. The molecule has 1 radical (unpaired) electrons. The SMILES string of the molecule is [N]=NC1C=C(N)C=CO1. The van der Waals surface area contributed by atoms with Crippen LogP contribution in [0.15, 0.2) is 29.2 Å². The molecule has 1 unspecified atom stereocenters. The molecule has 0 aromatic carbocycles. The van der Waals surface area contributed by atoms with E-state index in [4.69, 9.17) is 16.0 Å². The fourth-order valence-electron chi connectivity index (χ4n) is 0.518. The second-order valence-electron chi connectivity index (χ2n) is 1.61. The topological polar surface area (TPSA) is 69.9 Å². The molecule has 1 atom stereocenters. The van der Waals surface area contributed by atoms with Crippen LogP contribution < -0.4 is 11.3 Å². The molecule has 47 valence electrons. The number of hydrogen-bond donors (Lipinski definition) is 1. The Labute approximate surface area is 52.5 Å². The van der Waals surface area contributed by atoms with Gasteiger partial charge in [0.25, 0.3) is 0 Å². The highest BCUT2D eigenvalue weighted by atomic mass is 16.5. The fraction of sp³-hybridized carbons (Fsp3) is 0.200. The van der Waals surface area contributed by atoms with E-state index in [1.54, 1.807) is 6.08 Å². The van der Waals surface area contributed by atoms with E-state index in [0.717, 1.165) is 0 Å². The van der Waals surface area contributed by atoms with E-state index < -0.39 is 6.23 Å². The summed E-state index contributed by atoms with van der Waals surface area (Å²) in [5, 5.41) is 2.87. The van der Waals surface area contributed by atoms with Gasteiger partial charge in [-0.2, -0.15) is 0 Å². The Morgan fingerprint density at radius 3 is 3.00 bits per heavy atom. The summed E-state index contributed by atoms with van der Waals surface area (Å²) >= 11 is 0. The van der Waals surface area contributed by atoms with Gasteiger partial charge in [-0.25, -0.2) is 0 Å². The Kier molecular flexibility index (Phi) is 1.48. The van der Waals surface area contributed by atoms with Gasteiger partial charge < -0.3 is 10.5 Å². The fourth-order valence-corrected chi connectivity index (χ4v) is 0.518. The highest BCUT2D eigenvalue weighted by Crippen LogP contribution is 2.04. The minimum absolute atomic E-state index is 0.545. The first-order valence-electron chi connectivity index (χ1n) is 2.46. The van der Waals surface area contributed by atoms with Gasteiger partial charge in [0, 0.05) is 11.8 Å². The summed E-state index contributed by atoms with van der Waals surface area (Å²) in [6.45, 7) is 0. The van der Waals surface area contributed by atoms with E-state index >= 15 is 0 Å². The van der Waals surface area contributed by atoms with Crippen LogP contribution in [0.1, 0.15) is 0 Å². The number of ether oxygens (including phenoxy) is 1. The third-order valence-corrected chi connectivity index (χ3v) is 0.927. The second-order valence-corrected chi connectivity index (χ2v) is 1.61. The summed E-state index contributed by atoms with van der Waals surface area (Å²) in [5.74, 6) is 0. The smallest absolute Gasteiger partial charge is 0.231 e. The number of hydrogen-bond acceptors (Lipinski definition) is 3. The van der Waals surface area contributed by atoms with Gasteiger partial charge in [-0.1, -0.05) is 0 Å². The van der Waals surface area contributed by atoms with Crippen molar-refractivity contribution < 1.29 is 4.74 Å². The van der Waals surface area contributed by atoms with Crippen molar-refractivity contribution in [3.63, 3.8) is 0 Å². The molecule has 1 rings (SSSR count). The molecule has 0 aromatic heterocycles. The summed E-state index contributed by atoms with van der Waals surface area (Å²) in [7, 11) is 0. The van der Waals surface area contributed by atoms with E-state index in [1.165, 1.54) is 12.3 Å². The van der Waals surface area contributed by atoms with Crippen molar-refractivity contribution >= 4 is 0 Å². The van der Waals surface area contributed by atoms with E-state index in [-0.39, 0.29) is 0 Å². The zero-order chi connectivity index (χ0) is 6.69. The summed E-state index contributed by atoms with van der Waals surface area (Å²) in [4.78, 5) is 0. The molecule has 0 spiro atoms. The zero-order valence-electron chi connectivity index (χ0n) is 4.69. The molecular formula is C5H6N3O. The third kappa shape index (κ3) is 1.28. The Morgan fingerprint density at radius 2 is 2.56 bits per heavy atom. The van der Waals surface area contributed by atoms with Gasteiger partial charge in [0.05, 0.1) is 6.26 Å². The van der Waals surface area contributed by atoms with Crippen LogP contribution in [0.4, 0.5) is 0 Å². The molecule has 1 heterocycles. The van der Waals surface area contributed by atoms with Gasteiger partial charge in [0.2, 0.25) is 6.23 Å². The maximum atomic E-state index is 8.17. The highest BCUT2D eigenvalue weighted by Gasteiger charge is 2.04. The van der Waals surface area contributed by atoms with Gasteiger partial charge in [0.1, 0.15) is 0 Å². The number of nitrogens with two attached hydrogens (primary N) is 1. The van der Waals surface area contributed by atoms with Crippen LogP contribution in [0.3, 0.4) is 0 Å². The lowest BCUT2D eigenvalue weighted by atomic mass is 10.3. The molecule has 0 bridgehead atoms. The van der Waals surface area contributed by atoms with Crippen molar-refractivity contribution in [2.75, 3.05) is 0 Å². The van der Waals surface area contributed by atoms with E-state index in [9.17, 15) is 0 Å². The predicted octanol–water partition coefficient (Wildman–Crippen LogP) is -0.0487. The maximum absolute atomic E-state index is 8.17. The van der Waals surface area contributed by atoms with Gasteiger partial charge in [-0.15, -0.1) is 5.11 Å². The molecular weight excluding hydrogens is 118 g/mol. The van der Waals surface area contributed by atoms with Gasteiger partial charge in [-0.05, 0) is 11.6 Å². The third-order valence-electron chi connectivity index (χ3n) is 0.927. The Morgan fingerprint density at radius 1 is 1.78 bits per heavy atom. The lowest BCUT2D eigenvalue weighted by molar-refractivity contribution is 0.183. The number of nitrogens with zero attached hydrogens (tertiary/aromatic N) is 2. The molecule has 0 saturated carbocycles. The average molecular weight is 124 g/mol. The molecule has 1 aliphatic rings. The minimum atomic E-state index is -0.630. The minimum Gasteiger partial charge on any atom is -0.471 e. The normalized spacial score (nSPS) is 24.4. The largest absolute Gasteiger partial charge is 0.471 e. The first-order valence-corrected chi connectivity index (χ1v) is 2.46. The van der Waals surface area contributed by atoms with Crippen LogP contribution in [0, 0.1) is 0 Å². The first kappa shape index (κ1) is 5.81. The van der Waals surface area contributed by atoms with Crippen LogP contribution in [0.25, 0.3) is 0 Å². The standard InChI is InChI=1S/C5H6N3O/c6-4-1-2-9-5(3-4)8-7/h1-3,5H,6H2. The highest BCUT2D eigenvalue weighted by molar-refractivity contribution is 5.17. The van der Waals surface area contributed by atoms with Crippen molar-refractivity contribution in [2.45, 2.75) is 6.23 Å². The van der Waals surface area contributed by atoms with Crippen molar-refractivity contribution in [3.8, 4) is 0 Å². The molecule has 1 aliphatic heterocycles. The Balaban J connectivity index is 2.65. The molecule has 0 aromatic rings. The van der Waals surface area contributed by atoms with Crippen LogP contribution >= 0.6 is 0 Å². The van der Waals surface area contributed by atoms with Crippen LogP contribution in [-0.2, 0) is 4.74 Å². The predicted molar refractivity (Wildman–Crippen MR) is 30.8 cm³/mol. The summed E-state index contributed by atoms with van der Waals surface area (Å²) in [6, 6.07) is 0. The van der Waals surface area contributed by atoms with Crippen molar-refractivity contribution in [2.24, 2.45) is 10.8 Å². The van der Waals surface area contributed by atoms with Crippen molar-refractivity contribution in [1.82, 2.24) is 5.53 Å². The Hall–Kier alpha value is -1.32. The molecule has 9 heavy (non-hydrogen) atoms. The molecule has 4 nitrogen and oxygen atoms in total. The average Bonchev–Trinajstić information content (AvgIpc) is 1.88. The lowest BCUT2D eigenvalue weighted by Crippen LogP contribution is -2.10. The molecule has 0 aliphatic carbocycles. The first-order chi connectivity index (χ1) is 4.33. The van der Waals surface area contributed by atoms with Gasteiger partial charge in [-0.3, -0.25) is 0 Å². The molecule has 0 saturated heterocycles. The maximum Gasteiger partial charge on any atom is 0.231 e. The summed E-state index contributed by atoms with van der Waals surface area (Å²) < 4.78 is 4.74. The summed E-state index contributed by atoms with van der Waals surface area (Å²) in [5.41, 5.74) is 14.0. The van der Waals surface area contributed by atoms with Crippen LogP contribution in [0.2, 0.25) is 0 Å². The van der Waals surface area contributed by atoms with E-state index in [0.29, 0.717) is 5.70 Å². The van der Waals surface area contributed by atoms with Crippen LogP contribution in [-0.4, -0.2) is 6.23 Å². The van der Waals surface area contributed by atoms with Gasteiger partial charge >= 0.3 is 0 Å². The van der Waals surface area contributed by atoms with Gasteiger partial charge in [0.15, 0.2) is 0 Å². The number of allylic oxidation sites excluding steroid dienone is 1. The monoisotopic (exact) mass is 124 g/mol. The van der Waals surface area contributed by atoms with Crippen LogP contribution in [0.5, 0.6) is 0 Å². The molecule has 0 fully saturated rings. The molecule has 2 N–H and O–H groups in total. The molecule has 4 heteroatoms. The summed E-state index contributed by atoms with van der Waals surface area (Å²) in [6.07, 6.45) is 3.84. The quantitative estimate of drug-likeness (QED) is 0.498. The number of rotatable bonds is 1. The van der Waals surface area contributed by atoms with Crippen molar-refractivity contribution in [1.29, 1.82) is 0 Å². The molecule has 0 amide bonds. The van der Waals surface area contributed by atoms with Crippen molar-refractivity contribution in [3.05, 3.63) is 24.1 Å².